The van der Waals surface area contributed by atoms with E-state index >= 15 is 0 Å². The lowest BCUT2D eigenvalue weighted by Crippen LogP contribution is -2.13. The summed E-state index contributed by atoms with van der Waals surface area (Å²) in [6.45, 7) is 0. The van der Waals surface area contributed by atoms with Gasteiger partial charge in [0.25, 0.3) is 0 Å². The zero-order chi connectivity index (χ0) is 21.8. The fraction of sp³-hybridized carbons (Fsp3) is 0.217. The fourth-order valence-corrected chi connectivity index (χ4v) is 4.46. The van der Waals surface area contributed by atoms with Crippen LogP contribution in [0.4, 0.5) is 5.82 Å². The van der Waals surface area contributed by atoms with Gasteiger partial charge in [0.05, 0.1) is 32.7 Å². The highest BCUT2D eigenvalue weighted by Crippen LogP contribution is 2.39. The first-order valence-electron chi connectivity index (χ1n) is 9.67. The van der Waals surface area contributed by atoms with Crippen LogP contribution in [0.2, 0.25) is 0 Å². The number of anilines is 1. The minimum Gasteiger partial charge on any atom is -0.493 e. The highest BCUT2D eigenvalue weighted by molar-refractivity contribution is 7.98. The monoisotopic (exact) mass is 437 g/mol. The number of ether oxygens (including phenoxy) is 3. The van der Waals surface area contributed by atoms with E-state index in [1.54, 1.807) is 56.0 Å². The Kier molecular flexibility index (Phi) is 6.18. The number of hydrogen-bond donors (Lipinski definition) is 1. The lowest BCUT2D eigenvalue weighted by molar-refractivity contribution is -0.111. The van der Waals surface area contributed by atoms with Crippen molar-refractivity contribution in [2.24, 2.45) is 0 Å². The molecule has 1 N–H and O–H groups in total. The van der Waals surface area contributed by atoms with Gasteiger partial charge >= 0.3 is 0 Å². The Labute approximate surface area is 185 Å². The van der Waals surface area contributed by atoms with Gasteiger partial charge in [-0.3, -0.25) is 4.79 Å². The molecule has 0 spiro atoms. The number of methoxy groups -OCH3 is 3. The van der Waals surface area contributed by atoms with Crippen LogP contribution in [0.5, 0.6) is 17.2 Å². The van der Waals surface area contributed by atoms with E-state index in [-0.39, 0.29) is 5.91 Å². The topological polar surface area (TPSA) is 74.6 Å². The van der Waals surface area contributed by atoms with Crippen LogP contribution in [0.3, 0.4) is 0 Å². The molecular formula is C23H23N3O4S. The van der Waals surface area contributed by atoms with E-state index in [0.29, 0.717) is 23.1 Å². The Morgan fingerprint density at radius 2 is 1.77 bits per heavy atom. The molecule has 0 saturated carbocycles. The van der Waals surface area contributed by atoms with Crippen molar-refractivity contribution in [3.8, 4) is 22.9 Å². The number of hydrogen-bond acceptors (Lipinski definition) is 6. The van der Waals surface area contributed by atoms with Gasteiger partial charge in [-0.25, -0.2) is 4.68 Å². The average molecular weight is 438 g/mol. The van der Waals surface area contributed by atoms with Crippen molar-refractivity contribution in [1.29, 1.82) is 0 Å². The molecule has 31 heavy (non-hydrogen) atoms. The maximum atomic E-state index is 12.8. The van der Waals surface area contributed by atoms with E-state index in [0.717, 1.165) is 34.0 Å². The molecule has 7 nitrogen and oxygen atoms in total. The first kappa shape index (κ1) is 20.9. The number of benzene rings is 2. The Balaban J connectivity index is 1.60. The van der Waals surface area contributed by atoms with Gasteiger partial charge in [-0.05, 0) is 35.9 Å². The van der Waals surface area contributed by atoms with Crippen LogP contribution in [0, 0.1) is 0 Å². The number of para-hydroxylation sites is 1. The number of aromatic nitrogens is 2. The summed E-state index contributed by atoms with van der Waals surface area (Å²) in [6.07, 6.45) is 3.19. The van der Waals surface area contributed by atoms with Crippen LogP contribution in [-0.2, 0) is 16.3 Å². The van der Waals surface area contributed by atoms with Crippen molar-refractivity contribution in [3.05, 3.63) is 65.4 Å². The van der Waals surface area contributed by atoms with E-state index in [2.05, 4.69) is 5.32 Å². The first-order valence-corrected chi connectivity index (χ1v) is 10.8. The van der Waals surface area contributed by atoms with Gasteiger partial charge in [0.2, 0.25) is 11.7 Å². The van der Waals surface area contributed by atoms with Crippen LogP contribution in [0.1, 0.15) is 16.8 Å². The quantitative estimate of drug-likeness (QED) is 0.556. The molecule has 1 aromatic heterocycles. The third kappa shape index (κ3) is 4.25. The van der Waals surface area contributed by atoms with Crippen molar-refractivity contribution < 1.29 is 19.0 Å². The van der Waals surface area contributed by atoms with E-state index in [1.807, 2.05) is 30.3 Å². The molecule has 1 aliphatic rings. The number of carbonyl (C=O) groups excluding carboxylic acids is 1. The SMILES string of the molecule is COc1cc(C=CC(=O)Nc2c3c(nn2-c2ccccc2)CSC3)cc(OC)c1OC. The molecule has 0 radical (unpaired) electrons. The molecule has 0 bridgehead atoms. The van der Waals surface area contributed by atoms with E-state index < -0.39 is 0 Å². The Morgan fingerprint density at radius 3 is 2.42 bits per heavy atom. The molecule has 0 unspecified atom stereocenters. The predicted molar refractivity (Wildman–Crippen MR) is 122 cm³/mol. The van der Waals surface area contributed by atoms with Gasteiger partial charge in [-0.2, -0.15) is 16.9 Å². The molecule has 1 aliphatic heterocycles. The number of nitrogens with one attached hydrogen (secondary N) is 1. The van der Waals surface area contributed by atoms with Crippen LogP contribution in [0.15, 0.2) is 48.5 Å². The molecular weight excluding hydrogens is 414 g/mol. The third-order valence-electron chi connectivity index (χ3n) is 4.91. The average Bonchev–Trinajstić information content (AvgIpc) is 3.40. The second-order valence-electron chi connectivity index (χ2n) is 6.80. The standard InChI is InChI=1S/C23H23N3O4S/c1-28-19-11-15(12-20(29-2)22(19)30-3)9-10-21(27)24-23-17-13-31-14-18(17)25-26(23)16-7-5-4-6-8-16/h4-12H,13-14H2,1-3H3,(H,24,27). The summed E-state index contributed by atoms with van der Waals surface area (Å²) in [5.41, 5.74) is 3.74. The van der Waals surface area contributed by atoms with Crippen LogP contribution in [-0.4, -0.2) is 37.0 Å². The lowest BCUT2D eigenvalue weighted by atomic mass is 10.1. The molecule has 4 rings (SSSR count). The molecule has 1 amide bonds. The first-order chi connectivity index (χ1) is 15.1. The summed E-state index contributed by atoms with van der Waals surface area (Å²) in [7, 11) is 4.66. The van der Waals surface area contributed by atoms with Crippen LogP contribution >= 0.6 is 11.8 Å². The number of amides is 1. The highest BCUT2D eigenvalue weighted by Gasteiger charge is 2.24. The van der Waals surface area contributed by atoms with Crippen molar-refractivity contribution in [2.75, 3.05) is 26.6 Å². The maximum Gasteiger partial charge on any atom is 0.249 e. The second-order valence-corrected chi connectivity index (χ2v) is 7.78. The molecule has 2 heterocycles. The zero-order valence-electron chi connectivity index (χ0n) is 17.5. The van der Waals surface area contributed by atoms with E-state index in [4.69, 9.17) is 19.3 Å². The fourth-order valence-electron chi connectivity index (χ4n) is 3.43. The van der Waals surface area contributed by atoms with Crippen LogP contribution in [0.25, 0.3) is 11.8 Å². The van der Waals surface area contributed by atoms with Gasteiger partial charge < -0.3 is 19.5 Å². The number of nitrogens with zero attached hydrogens (tertiary/aromatic N) is 2. The van der Waals surface area contributed by atoms with Gasteiger partial charge in [0.15, 0.2) is 11.5 Å². The Morgan fingerprint density at radius 1 is 1.06 bits per heavy atom. The Hall–Kier alpha value is -3.39. The third-order valence-corrected chi connectivity index (χ3v) is 5.88. The number of fused-ring (bicyclic) bond motifs is 1. The van der Waals surface area contributed by atoms with Crippen molar-refractivity contribution in [2.45, 2.75) is 11.5 Å². The van der Waals surface area contributed by atoms with Crippen molar-refractivity contribution >= 4 is 29.6 Å². The highest BCUT2D eigenvalue weighted by atomic mass is 32.2. The summed E-state index contributed by atoms with van der Waals surface area (Å²) < 4.78 is 17.9. The van der Waals surface area contributed by atoms with E-state index in [9.17, 15) is 4.79 Å². The van der Waals surface area contributed by atoms with Gasteiger partial charge in [0, 0.05) is 23.1 Å². The van der Waals surface area contributed by atoms with Gasteiger partial charge in [-0.15, -0.1) is 0 Å². The van der Waals surface area contributed by atoms with Crippen molar-refractivity contribution in [1.82, 2.24) is 9.78 Å². The molecule has 160 valence electrons. The van der Waals surface area contributed by atoms with Crippen molar-refractivity contribution in [3.63, 3.8) is 0 Å². The second kappa shape index (κ2) is 9.18. The smallest absolute Gasteiger partial charge is 0.249 e. The normalized spacial score (nSPS) is 12.6. The minimum atomic E-state index is -0.245. The summed E-state index contributed by atoms with van der Waals surface area (Å²) in [4.78, 5) is 12.8. The molecule has 0 aliphatic carbocycles. The number of carbonyl (C=O) groups is 1. The summed E-state index contributed by atoms with van der Waals surface area (Å²) in [5, 5.41) is 7.72. The van der Waals surface area contributed by atoms with E-state index in [1.165, 1.54) is 6.08 Å². The van der Waals surface area contributed by atoms with Crippen LogP contribution < -0.4 is 19.5 Å². The van der Waals surface area contributed by atoms with Gasteiger partial charge in [0.1, 0.15) is 5.82 Å². The van der Waals surface area contributed by atoms with Gasteiger partial charge in [-0.1, -0.05) is 18.2 Å². The zero-order valence-corrected chi connectivity index (χ0v) is 18.4. The molecule has 2 aromatic carbocycles. The Bertz CT molecular complexity index is 1100. The summed E-state index contributed by atoms with van der Waals surface area (Å²) in [5.74, 6) is 3.70. The number of thioether (sulfide) groups is 1. The lowest BCUT2D eigenvalue weighted by Gasteiger charge is -2.13. The molecule has 8 heteroatoms. The minimum absolute atomic E-state index is 0.245. The maximum absolute atomic E-state index is 12.8. The number of rotatable bonds is 7. The summed E-state index contributed by atoms with van der Waals surface area (Å²) in [6, 6.07) is 13.4. The molecule has 0 saturated heterocycles. The summed E-state index contributed by atoms with van der Waals surface area (Å²) >= 11 is 1.79. The largest absolute Gasteiger partial charge is 0.493 e. The predicted octanol–water partition coefficient (Wildman–Crippen LogP) is 4.30. The molecule has 3 aromatic rings. The molecule has 0 atom stereocenters. The molecule has 0 fully saturated rings.